The molecule has 0 aliphatic carbocycles. The Hall–Kier alpha value is -1.80. The molecule has 0 amide bonds. The number of nitrogens with one attached hydrogen (secondary N) is 1. The van der Waals surface area contributed by atoms with Crippen LogP contribution in [-0.2, 0) is 0 Å². The van der Waals surface area contributed by atoms with Crippen molar-refractivity contribution in [1.29, 1.82) is 0 Å². The van der Waals surface area contributed by atoms with E-state index < -0.39 is 0 Å². The van der Waals surface area contributed by atoms with Gasteiger partial charge in [-0.25, -0.2) is 9.97 Å². The maximum absolute atomic E-state index is 10.9. The molecule has 2 aromatic heterocycles. The fourth-order valence-corrected chi connectivity index (χ4v) is 3.52. The summed E-state index contributed by atoms with van der Waals surface area (Å²) in [5, 5.41) is 15.0. The van der Waals surface area contributed by atoms with E-state index in [2.05, 4.69) is 20.2 Å². The number of fused-ring (bicyclic) bond motifs is 1. The summed E-state index contributed by atoms with van der Waals surface area (Å²) in [6.07, 6.45) is 3.72. The number of hydrogen-bond acceptors (Lipinski definition) is 7. The van der Waals surface area contributed by atoms with Gasteiger partial charge in [0.1, 0.15) is 17.0 Å². The number of hydrogen-bond donors (Lipinski definition) is 1. The quantitative estimate of drug-likeness (QED) is 0.683. The zero-order valence-corrected chi connectivity index (χ0v) is 11.9. The first-order chi connectivity index (χ1) is 9.70. The van der Waals surface area contributed by atoms with Crippen LogP contribution in [0, 0.1) is 10.1 Å². The number of thiophene rings is 1. The first-order valence-corrected chi connectivity index (χ1v) is 7.32. The molecule has 1 fully saturated rings. The van der Waals surface area contributed by atoms with Crippen LogP contribution in [0.15, 0.2) is 12.4 Å². The lowest BCUT2D eigenvalue weighted by Crippen LogP contribution is -2.37. The highest BCUT2D eigenvalue weighted by molar-refractivity contribution is 7.21. The van der Waals surface area contributed by atoms with Crippen LogP contribution < -0.4 is 10.2 Å². The second-order valence-corrected chi connectivity index (χ2v) is 5.81. The molecule has 20 heavy (non-hydrogen) atoms. The largest absolute Gasteiger partial charge is 0.352 e. The third kappa shape index (κ3) is 2.20. The number of nitro groups is 1. The molecule has 2 aromatic rings. The van der Waals surface area contributed by atoms with Crippen LogP contribution in [0.5, 0.6) is 0 Å². The van der Waals surface area contributed by atoms with Crippen LogP contribution >= 0.6 is 11.3 Å². The number of aromatic nitrogens is 2. The van der Waals surface area contributed by atoms with Gasteiger partial charge in [-0.2, -0.15) is 0 Å². The lowest BCUT2D eigenvalue weighted by molar-refractivity contribution is -0.380. The van der Waals surface area contributed by atoms with Crippen molar-refractivity contribution in [2.24, 2.45) is 0 Å². The van der Waals surface area contributed by atoms with Gasteiger partial charge in [0, 0.05) is 25.2 Å². The molecule has 1 aliphatic heterocycles. The SMILES string of the molecule is CNCC1CCCN1c1ncnc2sc([N+](=O)[O-])cc12. The number of nitrogens with zero attached hydrogens (tertiary/aromatic N) is 4. The summed E-state index contributed by atoms with van der Waals surface area (Å²) in [6, 6.07) is 1.97. The predicted octanol–water partition coefficient (Wildman–Crippen LogP) is 1.79. The average Bonchev–Trinajstić information content (AvgIpc) is 3.04. The Morgan fingerprint density at radius 1 is 1.60 bits per heavy atom. The van der Waals surface area contributed by atoms with Crippen molar-refractivity contribution >= 4 is 32.4 Å². The first-order valence-electron chi connectivity index (χ1n) is 6.51. The minimum atomic E-state index is -0.370. The highest BCUT2D eigenvalue weighted by atomic mass is 32.1. The minimum absolute atomic E-state index is 0.117. The van der Waals surface area contributed by atoms with E-state index in [9.17, 15) is 10.1 Å². The molecule has 106 valence electrons. The average molecular weight is 293 g/mol. The number of likely N-dealkylation sites (N-methyl/N-ethyl adjacent to an activating group) is 1. The molecule has 3 heterocycles. The molecule has 1 saturated heterocycles. The highest BCUT2D eigenvalue weighted by Gasteiger charge is 2.27. The minimum Gasteiger partial charge on any atom is -0.352 e. The van der Waals surface area contributed by atoms with Crippen LogP contribution in [0.25, 0.3) is 10.2 Å². The highest BCUT2D eigenvalue weighted by Crippen LogP contribution is 2.36. The Morgan fingerprint density at radius 3 is 3.20 bits per heavy atom. The Labute approximate surface area is 119 Å². The van der Waals surface area contributed by atoms with E-state index in [4.69, 9.17) is 0 Å². The Kier molecular flexibility index (Phi) is 3.49. The second kappa shape index (κ2) is 5.29. The maximum atomic E-state index is 10.9. The molecular formula is C12H15N5O2S. The third-order valence-electron chi connectivity index (χ3n) is 3.56. The van der Waals surface area contributed by atoms with Gasteiger partial charge in [0.15, 0.2) is 0 Å². The molecule has 0 radical (unpaired) electrons. The molecule has 1 N–H and O–H groups in total. The lowest BCUT2D eigenvalue weighted by Gasteiger charge is -2.25. The van der Waals surface area contributed by atoms with Gasteiger partial charge in [0.2, 0.25) is 0 Å². The summed E-state index contributed by atoms with van der Waals surface area (Å²) in [5.41, 5.74) is 0. The van der Waals surface area contributed by atoms with Crippen LogP contribution in [0.1, 0.15) is 12.8 Å². The normalized spacial score (nSPS) is 18.9. The molecule has 0 spiro atoms. The topological polar surface area (TPSA) is 84.2 Å². The van der Waals surface area contributed by atoms with E-state index in [-0.39, 0.29) is 9.92 Å². The van der Waals surface area contributed by atoms with Gasteiger partial charge in [-0.05, 0) is 31.2 Å². The molecule has 0 saturated carbocycles. The van der Waals surface area contributed by atoms with E-state index >= 15 is 0 Å². The lowest BCUT2D eigenvalue weighted by atomic mass is 10.2. The van der Waals surface area contributed by atoms with Crippen LogP contribution in [0.2, 0.25) is 0 Å². The van der Waals surface area contributed by atoms with Gasteiger partial charge >= 0.3 is 5.00 Å². The van der Waals surface area contributed by atoms with Gasteiger partial charge in [0.05, 0.1) is 10.3 Å². The molecule has 7 nitrogen and oxygen atoms in total. The van der Waals surface area contributed by atoms with Crippen molar-refractivity contribution in [3.63, 3.8) is 0 Å². The first kappa shape index (κ1) is 13.2. The van der Waals surface area contributed by atoms with Gasteiger partial charge in [-0.15, -0.1) is 0 Å². The fraction of sp³-hybridized carbons (Fsp3) is 0.500. The molecule has 1 aliphatic rings. The van der Waals surface area contributed by atoms with Crippen LogP contribution in [0.3, 0.4) is 0 Å². The molecular weight excluding hydrogens is 278 g/mol. The smallest absolute Gasteiger partial charge is 0.326 e. The van der Waals surface area contributed by atoms with Gasteiger partial charge in [-0.1, -0.05) is 0 Å². The van der Waals surface area contributed by atoms with Crippen molar-refractivity contribution in [1.82, 2.24) is 15.3 Å². The third-order valence-corrected chi connectivity index (χ3v) is 4.56. The van der Waals surface area contributed by atoms with Crippen molar-refractivity contribution in [2.45, 2.75) is 18.9 Å². The van der Waals surface area contributed by atoms with Crippen molar-refractivity contribution in [3.8, 4) is 0 Å². The monoisotopic (exact) mass is 293 g/mol. The van der Waals surface area contributed by atoms with Crippen LogP contribution in [-0.4, -0.2) is 41.1 Å². The zero-order valence-electron chi connectivity index (χ0n) is 11.1. The molecule has 3 rings (SSSR count). The zero-order chi connectivity index (χ0) is 14.1. The summed E-state index contributed by atoms with van der Waals surface area (Å²) in [7, 11) is 1.93. The molecule has 1 unspecified atom stereocenters. The summed E-state index contributed by atoms with van der Waals surface area (Å²) < 4.78 is 0. The predicted molar refractivity (Wildman–Crippen MR) is 78.4 cm³/mol. The summed E-state index contributed by atoms with van der Waals surface area (Å²) in [5.74, 6) is 0.817. The summed E-state index contributed by atoms with van der Waals surface area (Å²) in [4.78, 5) is 22.0. The van der Waals surface area contributed by atoms with Crippen molar-refractivity contribution in [2.75, 3.05) is 25.0 Å². The molecule has 0 bridgehead atoms. The van der Waals surface area contributed by atoms with E-state index in [0.29, 0.717) is 10.9 Å². The summed E-state index contributed by atoms with van der Waals surface area (Å²) >= 11 is 1.10. The van der Waals surface area contributed by atoms with Gasteiger partial charge < -0.3 is 10.2 Å². The molecule has 1 atom stereocenters. The number of rotatable bonds is 4. The Morgan fingerprint density at radius 2 is 2.45 bits per heavy atom. The summed E-state index contributed by atoms with van der Waals surface area (Å²) in [6.45, 7) is 1.82. The fourth-order valence-electron chi connectivity index (χ4n) is 2.71. The van der Waals surface area contributed by atoms with Gasteiger partial charge in [0.25, 0.3) is 0 Å². The number of anilines is 1. The van der Waals surface area contributed by atoms with E-state index in [1.54, 1.807) is 6.07 Å². The van der Waals surface area contributed by atoms with Crippen molar-refractivity contribution < 1.29 is 4.92 Å². The van der Waals surface area contributed by atoms with E-state index in [1.165, 1.54) is 6.33 Å². The molecule has 8 heteroatoms. The van der Waals surface area contributed by atoms with Crippen molar-refractivity contribution in [3.05, 3.63) is 22.5 Å². The van der Waals surface area contributed by atoms with E-state index in [1.807, 2.05) is 7.05 Å². The standard InChI is InChI=1S/C12H15N5O2S/c1-13-6-8-3-2-4-16(8)11-9-5-10(17(18)19)20-12(9)15-7-14-11/h5,7-8,13H,2-4,6H2,1H3. The Balaban J connectivity index is 2.04. The maximum Gasteiger partial charge on any atom is 0.326 e. The Bertz CT molecular complexity index is 644. The van der Waals surface area contributed by atoms with Gasteiger partial charge in [-0.3, -0.25) is 10.1 Å². The molecule has 0 aromatic carbocycles. The van der Waals surface area contributed by atoms with Crippen LogP contribution in [0.4, 0.5) is 10.8 Å². The van der Waals surface area contributed by atoms with E-state index in [0.717, 1.165) is 48.5 Å². The second-order valence-electron chi connectivity index (χ2n) is 4.80.